The van der Waals surface area contributed by atoms with Crippen molar-refractivity contribution in [2.45, 2.75) is 64.3 Å². The maximum Gasteiger partial charge on any atom is 0.258 e. The number of carbonyl (C=O) groups is 1. The van der Waals surface area contributed by atoms with Crippen molar-refractivity contribution in [3.05, 3.63) is 65.6 Å². The van der Waals surface area contributed by atoms with Gasteiger partial charge >= 0.3 is 0 Å². The van der Waals surface area contributed by atoms with Crippen LogP contribution in [0.1, 0.15) is 54.7 Å². The monoisotopic (exact) mass is 588 g/mol. The lowest BCUT2D eigenvalue weighted by atomic mass is 9.61. The third kappa shape index (κ3) is 5.40. The SMILES string of the molecule is CC(C)N(C(=O)c1cc(F)ccc1Oc1cncnc1N1CC2(CC(Oc3ccnc4c3CNCC4)C2)C1)[C@@H]1CCOC1. The Morgan fingerprint density at radius 1 is 1.19 bits per heavy atom. The van der Waals surface area contributed by atoms with Crippen molar-refractivity contribution in [1.29, 1.82) is 0 Å². The average Bonchev–Trinajstić information content (AvgIpc) is 3.49. The van der Waals surface area contributed by atoms with Crippen LogP contribution in [0, 0.1) is 11.2 Å². The molecule has 2 aromatic heterocycles. The Balaban J connectivity index is 1.03. The number of nitrogens with zero attached hydrogens (tertiary/aromatic N) is 5. The topological polar surface area (TPSA) is 102 Å². The van der Waals surface area contributed by atoms with E-state index in [4.69, 9.17) is 14.2 Å². The van der Waals surface area contributed by atoms with Gasteiger partial charge in [0.05, 0.1) is 24.4 Å². The summed E-state index contributed by atoms with van der Waals surface area (Å²) >= 11 is 0. The number of aromatic nitrogens is 3. The van der Waals surface area contributed by atoms with Gasteiger partial charge in [0, 0.05) is 68.1 Å². The molecule has 3 aromatic rings. The normalized spacial score (nSPS) is 20.8. The fourth-order valence-electron chi connectivity index (χ4n) is 6.99. The average molecular weight is 589 g/mol. The highest BCUT2D eigenvalue weighted by Crippen LogP contribution is 2.52. The van der Waals surface area contributed by atoms with Crippen LogP contribution in [0.15, 0.2) is 43.0 Å². The zero-order chi connectivity index (χ0) is 29.6. The minimum Gasteiger partial charge on any atom is -0.490 e. The number of carbonyl (C=O) groups excluding carboxylic acids is 1. The van der Waals surface area contributed by atoms with E-state index in [2.05, 4.69) is 25.2 Å². The van der Waals surface area contributed by atoms with E-state index in [0.717, 1.165) is 63.3 Å². The van der Waals surface area contributed by atoms with Gasteiger partial charge in [-0.25, -0.2) is 14.4 Å². The highest BCUT2D eigenvalue weighted by molar-refractivity contribution is 5.97. The number of hydrogen-bond acceptors (Lipinski definition) is 9. The van der Waals surface area contributed by atoms with E-state index >= 15 is 0 Å². The molecule has 3 fully saturated rings. The van der Waals surface area contributed by atoms with Crippen molar-refractivity contribution >= 4 is 11.7 Å². The quantitative estimate of drug-likeness (QED) is 0.416. The Hall–Kier alpha value is -3.83. The second kappa shape index (κ2) is 11.3. The lowest BCUT2D eigenvalue weighted by Crippen LogP contribution is -2.65. The molecule has 1 amide bonds. The van der Waals surface area contributed by atoms with E-state index in [-0.39, 0.29) is 40.8 Å². The van der Waals surface area contributed by atoms with Gasteiger partial charge in [-0.1, -0.05) is 0 Å². The number of pyridine rings is 1. The first-order valence-electron chi connectivity index (χ1n) is 15.2. The molecule has 1 aromatic carbocycles. The summed E-state index contributed by atoms with van der Waals surface area (Å²) in [6.45, 7) is 8.39. The van der Waals surface area contributed by atoms with Crippen molar-refractivity contribution < 1.29 is 23.4 Å². The summed E-state index contributed by atoms with van der Waals surface area (Å²) < 4.78 is 32.7. The standard InChI is InChI=1S/C32H37FN6O4/c1-20(2)39(22-7-10-41-16-22)31(40)24-11-21(33)3-4-27(24)43-29-15-35-19-37-30(29)38-17-32(18-38)12-23(13-32)42-28-6-9-36-26-5-8-34-14-25(26)28/h3-4,6,9,11,15,19-20,22-23,34H,5,7-8,10,12-14,16-18H2,1-2H3/t22-/m1/s1. The number of benzene rings is 1. The Morgan fingerprint density at radius 2 is 2.05 bits per heavy atom. The summed E-state index contributed by atoms with van der Waals surface area (Å²) in [6.07, 6.45) is 8.75. The molecule has 5 heterocycles. The van der Waals surface area contributed by atoms with Crippen LogP contribution in [-0.2, 0) is 17.7 Å². The van der Waals surface area contributed by atoms with Gasteiger partial charge in [0.25, 0.3) is 5.91 Å². The molecule has 1 aliphatic carbocycles. The van der Waals surface area contributed by atoms with Crippen LogP contribution in [0.2, 0.25) is 0 Å². The van der Waals surface area contributed by atoms with Crippen molar-refractivity contribution in [1.82, 2.24) is 25.2 Å². The number of rotatable bonds is 8. The summed E-state index contributed by atoms with van der Waals surface area (Å²) in [5.41, 5.74) is 2.66. The van der Waals surface area contributed by atoms with E-state index in [1.54, 1.807) is 11.1 Å². The van der Waals surface area contributed by atoms with Crippen LogP contribution in [0.3, 0.4) is 0 Å². The van der Waals surface area contributed by atoms with Crippen LogP contribution >= 0.6 is 0 Å². The third-order valence-electron chi connectivity index (χ3n) is 9.05. The minimum absolute atomic E-state index is 0.0626. The third-order valence-corrected chi connectivity index (χ3v) is 9.05. The highest BCUT2D eigenvalue weighted by atomic mass is 19.1. The van der Waals surface area contributed by atoms with Crippen LogP contribution in [0.5, 0.6) is 17.2 Å². The van der Waals surface area contributed by atoms with Crippen molar-refractivity contribution in [2.24, 2.45) is 5.41 Å². The Kier molecular flexibility index (Phi) is 7.38. The molecule has 0 unspecified atom stereocenters. The lowest BCUT2D eigenvalue weighted by molar-refractivity contribution is -0.0349. The fourth-order valence-corrected chi connectivity index (χ4v) is 6.99. The maximum atomic E-state index is 14.4. The first kappa shape index (κ1) is 28.0. The molecule has 43 heavy (non-hydrogen) atoms. The Labute approximate surface area is 250 Å². The molecule has 1 atom stereocenters. The predicted octanol–water partition coefficient (Wildman–Crippen LogP) is 4.14. The molecule has 0 radical (unpaired) electrons. The molecule has 7 rings (SSSR count). The van der Waals surface area contributed by atoms with Gasteiger partial charge in [0.15, 0.2) is 11.6 Å². The number of ether oxygens (including phenoxy) is 3. The largest absolute Gasteiger partial charge is 0.490 e. The minimum atomic E-state index is -0.499. The van der Waals surface area contributed by atoms with E-state index < -0.39 is 5.82 Å². The molecule has 226 valence electrons. The van der Waals surface area contributed by atoms with Gasteiger partial charge in [-0.3, -0.25) is 9.78 Å². The summed E-state index contributed by atoms with van der Waals surface area (Å²) in [7, 11) is 0. The predicted molar refractivity (Wildman–Crippen MR) is 157 cm³/mol. The van der Waals surface area contributed by atoms with Gasteiger partial charge in [0.1, 0.15) is 29.7 Å². The van der Waals surface area contributed by atoms with Crippen LogP contribution < -0.4 is 19.7 Å². The van der Waals surface area contributed by atoms with Gasteiger partial charge < -0.3 is 29.3 Å². The zero-order valence-electron chi connectivity index (χ0n) is 24.6. The van der Waals surface area contributed by atoms with E-state index in [1.165, 1.54) is 30.1 Å². The highest BCUT2D eigenvalue weighted by Gasteiger charge is 2.54. The van der Waals surface area contributed by atoms with E-state index in [1.807, 2.05) is 26.1 Å². The Morgan fingerprint density at radius 3 is 2.84 bits per heavy atom. The number of fused-ring (bicyclic) bond motifs is 1. The van der Waals surface area contributed by atoms with Crippen molar-refractivity contribution in [3.8, 4) is 17.2 Å². The molecule has 11 heteroatoms. The Bertz CT molecular complexity index is 1500. The van der Waals surface area contributed by atoms with Gasteiger partial charge in [0.2, 0.25) is 0 Å². The molecule has 10 nitrogen and oxygen atoms in total. The molecular formula is C32H37FN6O4. The number of anilines is 1. The fraction of sp³-hybridized carbons (Fsp3) is 0.500. The number of halogens is 1. The molecule has 4 aliphatic rings. The van der Waals surface area contributed by atoms with Crippen molar-refractivity contribution in [3.63, 3.8) is 0 Å². The number of nitrogens with one attached hydrogen (secondary N) is 1. The number of hydrogen-bond donors (Lipinski definition) is 1. The zero-order valence-corrected chi connectivity index (χ0v) is 24.6. The molecule has 3 aliphatic heterocycles. The molecular weight excluding hydrogens is 551 g/mol. The van der Waals surface area contributed by atoms with Gasteiger partial charge in [-0.05, 0) is 57.4 Å². The lowest BCUT2D eigenvalue weighted by Gasteiger charge is -2.59. The van der Waals surface area contributed by atoms with Gasteiger partial charge in [-0.15, -0.1) is 0 Å². The maximum absolute atomic E-state index is 14.4. The van der Waals surface area contributed by atoms with Crippen LogP contribution in [-0.4, -0.2) is 76.8 Å². The second-order valence-electron chi connectivity index (χ2n) is 12.4. The molecule has 0 bridgehead atoms. The first-order chi connectivity index (χ1) is 20.9. The number of amides is 1. The van der Waals surface area contributed by atoms with E-state index in [9.17, 15) is 9.18 Å². The molecule has 2 saturated heterocycles. The summed E-state index contributed by atoms with van der Waals surface area (Å²) in [6, 6.07) is 5.88. The molecule has 1 N–H and O–H groups in total. The van der Waals surface area contributed by atoms with Crippen LogP contribution in [0.25, 0.3) is 0 Å². The van der Waals surface area contributed by atoms with E-state index in [0.29, 0.717) is 24.8 Å². The smallest absolute Gasteiger partial charge is 0.258 e. The summed E-state index contributed by atoms with van der Waals surface area (Å²) in [4.78, 5) is 30.9. The van der Waals surface area contributed by atoms with Crippen LogP contribution in [0.4, 0.5) is 10.2 Å². The van der Waals surface area contributed by atoms with Gasteiger partial charge in [-0.2, -0.15) is 0 Å². The molecule has 1 spiro atoms. The first-order valence-corrected chi connectivity index (χ1v) is 15.2. The second-order valence-corrected chi connectivity index (χ2v) is 12.4. The summed E-state index contributed by atoms with van der Waals surface area (Å²) in [5, 5.41) is 3.42. The molecule has 1 saturated carbocycles. The van der Waals surface area contributed by atoms with Crippen molar-refractivity contribution in [2.75, 3.05) is 37.7 Å². The summed E-state index contributed by atoms with van der Waals surface area (Å²) in [5.74, 6) is 1.53.